The van der Waals surface area contributed by atoms with Crippen molar-refractivity contribution in [2.45, 2.75) is 12.3 Å². The van der Waals surface area contributed by atoms with Crippen LogP contribution >= 0.6 is 0 Å². The van der Waals surface area contributed by atoms with Crippen molar-refractivity contribution in [3.05, 3.63) is 30.1 Å². The summed E-state index contributed by atoms with van der Waals surface area (Å²) in [6.07, 6.45) is 3.67. The van der Waals surface area contributed by atoms with Crippen molar-refractivity contribution in [3.63, 3.8) is 0 Å². The molecule has 0 amide bonds. The van der Waals surface area contributed by atoms with Crippen LogP contribution in [0.1, 0.15) is 17.9 Å². The van der Waals surface area contributed by atoms with Crippen molar-refractivity contribution in [1.29, 1.82) is 0 Å². The van der Waals surface area contributed by atoms with Gasteiger partial charge in [-0.3, -0.25) is 9.78 Å². The highest BCUT2D eigenvalue weighted by Crippen LogP contribution is 2.18. The predicted octanol–water partition coefficient (Wildman–Crippen LogP) is 1.29. The van der Waals surface area contributed by atoms with Crippen LogP contribution in [0.15, 0.2) is 24.5 Å². The molecule has 0 aliphatic heterocycles. The highest BCUT2D eigenvalue weighted by molar-refractivity contribution is 5.75. The fraction of sp³-hybridized carbons (Fsp3) is 0.400. The first-order valence-electron chi connectivity index (χ1n) is 4.37. The molecule has 1 rings (SSSR count). The van der Waals surface area contributed by atoms with E-state index in [1.165, 1.54) is 0 Å². The third kappa shape index (κ3) is 2.81. The summed E-state index contributed by atoms with van der Waals surface area (Å²) >= 11 is 0. The van der Waals surface area contributed by atoms with Gasteiger partial charge in [0.1, 0.15) is 0 Å². The number of nitrogens with zero attached hydrogens (tertiary/aromatic N) is 1. The lowest BCUT2D eigenvalue weighted by Gasteiger charge is -2.11. The normalized spacial score (nSPS) is 12.4. The third-order valence-electron chi connectivity index (χ3n) is 2.02. The molecule has 4 nitrogen and oxygen atoms in total. The van der Waals surface area contributed by atoms with Crippen molar-refractivity contribution in [1.82, 2.24) is 4.98 Å². The quantitative estimate of drug-likeness (QED) is 0.769. The molecule has 0 saturated heterocycles. The van der Waals surface area contributed by atoms with Crippen LogP contribution in [0, 0.1) is 0 Å². The lowest BCUT2D eigenvalue weighted by Crippen LogP contribution is -2.13. The number of methoxy groups -OCH3 is 1. The molecule has 0 aliphatic rings. The van der Waals surface area contributed by atoms with E-state index in [9.17, 15) is 4.79 Å². The molecule has 1 heterocycles. The van der Waals surface area contributed by atoms with E-state index < -0.39 is 11.9 Å². The van der Waals surface area contributed by atoms with E-state index in [2.05, 4.69) is 4.98 Å². The van der Waals surface area contributed by atoms with Gasteiger partial charge < -0.3 is 9.84 Å². The number of carboxylic acid groups (broad SMARTS) is 1. The van der Waals surface area contributed by atoms with Crippen LogP contribution in [-0.2, 0) is 9.53 Å². The Morgan fingerprint density at radius 2 is 2.21 bits per heavy atom. The molecule has 0 radical (unpaired) electrons. The van der Waals surface area contributed by atoms with Gasteiger partial charge in [-0.15, -0.1) is 0 Å². The Bertz CT molecular complexity index is 287. The number of aliphatic carboxylic acids is 1. The molecule has 14 heavy (non-hydrogen) atoms. The molecule has 0 bridgehead atoms. The first kappa shape index (κ1) is 10.7. The zero-order chi connectivity index (χ0) is 10.4. The maximum absolute atomic E-state index is 10.9. The lowest BCUT2D eigenvalue weighted by molar-refractivity contribution is -0.139. The van der Waals surface area contributed by atoms with E-state index in [0.717, 1.165) is 5.56 Å². The predicted molar refractivity (Wildman–Crippen MR) is 51.1 cm³/mol. The van der Waals surface area contributed by atoms with E-state index in [4.69, 9.17) is 9.84 Å². The standard InChI is InChI=1S/C10H13NO3/c1-14-7-4-9(10(12)13)8-2-5-11-6-3-8/h2-3,5-6,9H,4,7H2,1H3,(H,12,13). The average molecular weight is 195 g/mol. The van der Waals surface area contributed by atoms with Gasteiger partial charge in [0.05, 0.1) is 5.92 Å². The van der Waals surface area contributed by atoms with Gasteiger partial charge in [-0.05, 0) is 24.1 Å². The summed E-state index contributed by atoms with van der Waals surface area (Å²) in [6, 6.07) is 3.43. The second kappa shape index (κ2) is 5.34. The Balaban J connectivity index is 2.73. The first-order chi connectivity index (χ1) is 6.75. The molecule has 1 atom stereocenters. The molecule has 76 valence electrons. The maximum Gasteiger partial charge on any atom is 0.311 e. The zero-order valence-corrected chi connectivity index (χ0v) is 8.01. The van der Waals surface area contributed by atoms with Crippen molar-refractivity contribution in [3.8, 4) is 0 Å². The highest BCUT2D eigenvalue weighted by Gasteiger charge is 2.18. The molecule has 0 aliphatic carbocycles. The summed E-state index contributed by atoms with van der Waals surface area (Å²) in [7, 11) is 1.56. The second-order valence-electron chi connectivity index (χ2n) is 2.95. The summed E-state index contributed by atoms with van der Waals surface area (Å²) in [4.78, 5) is 14.8. The highest BCUT2D eigenvalue weighted by atomic mass is 16.5. The maximum atomic E-state index is 10.9. The monoisotopic (exact) mass is 195 g/mol. The number of carboxylic acids is 1. The first-order valence-corrected chi connectivity index (χ1v) is 4.37. The molecule has 0 saturated carbocycles. The SMILES string of the molecule is COCCC(C(=O)O)c1ccncc1. The molecule has 4 heteroatoms. The molecule has 1 unspecified atom stereocenters. The third-order valence-corrected chi connectivity index (χ3v) is 2.02. The Hall–Kier alpha value is -1.42. The van der Waals surface area contributed by atoms with Gasteiger partial charge in [-0.2, -0.15) is 0 Å². The van der Waals surface area contributed by atoms with E-state index in [1.54, 1.807) is 31.6 Å². The van der Waals surface area contributed by atoms with Crippen molar-refractivity contribution >= 4 is 5.97 Å². The topological polar surface area (TPSA) is 59.4 Å². The number of aromatic nitrogens is 1. The van der Waals surface area contributed by atoms with Gasteiger partial charge in [-0.1, -0.05) is 0 Å². The molecule has 1 N–H and O–H groups in total. The van der Waals surface area contributed by atoms with Gasteiger partial charge >= 0.3 is 5.97 Å². The lowest BCUT2D eigenvalue weighted by atomic mass is 9.97. The molecule has 1 aromatic heterocycles. The molecular weight excluding hydrogens is 182 g/mol. The largest absolute Gasteiger partial charge is 0.481 e. The van der Waals surface area contributed by atoms with Gasteiger partial charge in [0.25, 0.3) is 0 Å². The van der Waals surface area contributed by atoms with E-state index in [-0.39, 0.29) is 0 Å². The van der Waals surface area contributed by atoms with Crippen LogP contribution in [0.3, 0.4) is 0 Å². The Morgan fingerprint density at radius 3 is 2.71 bits per heavy atom. The van der Waals surface area contributed by atoms with E-state index >= 15 is 0 Å². The molecule has 1 aromatic rings. The van der Waals surface area contributed by atoms with Crippen LogP contribution in [0.4, 0.5) is 0 Å². The number of hydrogen-bond acceptors (Lipinski definition) is 3. The average Bonchev–Trinajstić information content (AvgIpc) is 2.19. The van der Waals surface area contributed by atoms with Crippen LogP contribution in [0.25, 0.3) is 0 Å². The number of pyridine rings is 1. The van der Waals surface area contributed by atoms with E-state index in [0.29, 0.717) is 13.0 Å². The second-order valence-corrected chi connectivity index (χ2v) is 2.95. The van der Waals surface area contributed by atoms with Crippen LogP contribution in [0.2, 0.25) is 0 Å². The Morgan fingerprint density at radius 1 is 1.57 bits per heavy atom. The van der Waals surface area contributed by atoms with Gasteiger partial charge in [0, 0.05) is 26.1 Å². The Kier molecular flexibility index (Phi) is 4.07. The number of rotatable bonds is 5. The molecule has 0 fully saturated rings. The number of hydrogen-bond donors (Lipinski definition) is 1. The fourth-order valence-corrected chi connectivity index (χ4v) is 1.26. The summed E-state index contributed by atoms with van der Waals surface area (Å²) in [6.45, 7) is 0.444. The molecular formula is C10H13NO3. The van der Waals surface area contributed by atoms with Crippen LogP contribution in [0.5, 0.6) is 0 Å². The van der Waals surface area contributed by atoms with Crippen LogP contribution in [-0.4, -0.2) is 29.8 Å². The van der Waals surface area contributed by atoms with Gasteiger partial charge in [-0.25, -0.2) is 0 Å². The van der Waals surface area contributed by atoms with Crippen molar-refractivity contribution in [2.75, 3.05) is 13.7 Å². The summed E-state index contributed by atoms with van der Waals surface area (Å²) in [5.74, 6) is -1.33. The minimum absolute atomic E-state index is 0.444. The molecule has 0 aromatic carbocycles. The Labute approximate surface area is 82.5 Å². The van der Waals surface area contributed by atoms with E-state index in [1.807, 2.05) is 0 Å². The number of carbonyl (C=O) groups is 1. The van der Waals surface area contributed by atoms with Gasteiger partial charge in [0.15, 0.2) is 0 Å². The smallest absolute Gasteiger partial charge is 0.311 e. The fourth-order valence-electron chi connectivity index (χ4n) is 1.26. The number of ether oxygens (including phenoxy) is 1. The minimum atomic E-state index is -0.826. The zero-order valence-electron chi connectivity index (χ0n) is 8.01. The van der Waals surface area contributed by atoms with Crippen molar-refractivity contribution < 1.29 is 14.6 Å². The minimum Gasteiger partial charge on any atom is -0.481 e. The summed E-state index contributed by atoms with van der Waals surface area (Å²) in [5.41, 5.74) is 0.768. The summed E-state index contributed by atoms with van der Waals surface area (Å²) in [5, 5.41) is 8.98. The van der Waals surface area contributed by atoms with Crippen molar-refractivity contribution in [2.24, 2.45) is 0 Å². The summed E-state index contributed by atoms with van der Waals surface area (Å²) < 4.78 is 4.87. The van der Waals surface area contributed by atoms with Gasteiger partial charge in [0.2, 0.25) is 0 Å². The molecule has 0 spiro atoms. The van der Waals surface area contributed by atoms with Crippen LogP contribution < -0.4 is 0 Å².